The van der Waals surface area contributed by atoms with E-state index in [4.69, 9.17) is 10.6 Å². The summed E-state index contributed by atoms with van der Waals surface area (Å²) in [4.78, 5) is 31.2. The average Bonchev–Trinajstić information content (AvgIpc) is 2.49. The molecule has 0 aromatic carbocycles. The fourth-order valence-corrected chi connectivity index (χ4v) is 6.93. The molecule has 0 aromatic heterocycles. The maximum atomic E-state index is 11.1. The maximum absolute atomic E-state index is 11.1. The molecule has 156 valence electrons. The van der Waals surface area contributed by atoms with Gasteiger partial charge in [0.1, 0.15) is 12.7 Å². The smallest absolute Gasteiger partial charge is 0.294 e. The molecule has 0 saturated heterocycles. The molecule has 0 aliphatic heterocycles. The first-order valence-corrected chi connectivity index (χ1v) is 9.75. The van der Waals surface area contributed by atoms with Gasteiger partial charge in [-0.2, -0.15) is 0 Å². The summed E-state index contributed by atoms with van der Waals surface area (Å²) in [6.07, 6.45) is 4.51. The highest BCUT2D eigenvalue weighted by Gasteiger charge is 2.58. The van der Waals surface area contributed by atoms with Crippen LogP contribution < -0.4 is 5.73 Å². The van der Waals surface area contributed by atoms with Crippen LogP contribution in [0.25, 0.3) is 0 Å². The molecule has 6 unspecified atom stereocenters. The first-order valence-electron chi connectivity index (χ1n) is 9.75. The van der Waals surface area contributed by atoms with Crippen LogP contribution in [0.15, 0.2) is 0 Å². The van der Waals surface area contributed by atoms with E-state index in [1.807, 2.05) is 6.92 Å². The van der Waals surface area contributed by atoms with E-state index >= 15 is 0 Å². The van der Waals surface area contributed by atoms with Crippen LogP contribution in [-0.4, -0.2) is 29.4 Å². The van der Waals surface area contributed by atoms with E-state index in [0.717, 1.165) is 32.1 Å². The van der Waals surface area contributed by atoms with Crippen LogP contribution in [0, 0.1) is 48.3 Å². The second-order valence-electron chi connectivity index (χ2n) is 9.63. The Hall–Kier alpha value is -1.64. The molecule has 2 aliphatic carbocycles. The third kappa shape index (κ3) is 4.80. The summed E-state index contributed by atoms with van der Waals surface area (Å²) in [5.41, 5.74) is 6.00. The predicted molar refractivity (Wildman–Crippen MR) is 98.5 cm³/mol. The average molecular weight is 387 g/mol. The summed E-state index contributed by atoms with van der Waals surface area (Å²) in [7, 11) is 0. The van der Waals surface area contributed by atoms with Crippen LogP contribution in [0.5, 0.6) is 0 Å². The van der Waals surface area contributed by atoms with Crippen LogP contribution in [0.4, 0.5) is 0 Å². The van der Waals surface area contributed by atoms with Crippen LogP contribution in [-0.2, 0) is 9.68 Å². The molecule has 2 aliphatic rings. The Morgan fingerprint density at radius 2 is 1.81 bits per heavy atom. The molecule has 6 atom stereocenters. The molecular formula is C18H33N3O6. The lowest BCUT2D eigenvalue weighted by Crippen LogP contribution is -2.56. The second-order valence-corrected chi connectivity index (χ2v) is 9.63. The number of nitrogens with two attached hydrogens (primary N) is 1. The summed E-state index contributed by atoms with van der Waals surface area (Å²) in [6.45, 7) is 8.79. The highest BCUT2D eigenvalue weighted by atomic mass is 17.0. The minimum absolute atomic E-state index is 0.0519. The molecule has 0 heterocycles. The highest BCUT2D eigenvalue weighted by molar-refractivity contribution is 5.08. The zero-order valence-electron chi connectivity index (χ0n) is 16.8. The summed E-state index contributed by atoms with van der Waals surface area (Å²) in [6, 6.07) is 0. The molecule has 2 fully saturated rings. The molecule has 0 spiro atoms. The summed E-state index contributed by atoms with van der Waals surface area (Å²) in [5.74, 6) is 0.268. The van der Waals surface area contributed by atoms with E-state index in [2.05, 4.69) is 25.6 Å². The summed E-state index contributed by atoms with van der Waals surface area (Å²) >= 11 is 0. The van der Waals surface area contributed by atoms with Gasteiger partial charge < -0.3 is 15.4 Å². The van der Waals surface area contributed by atoms with Gasteiger partial charge in [0.15, 0.2) is 0 Å². The van der Waals surface area contributed by atoms with Gasteiger partial charge in [-0.25, -0.2) is 0 Å². The van der Waals surface area contributed by atoms with Gasteiger partial charge in [0.2, 0.25) is 0 Å². The first kappa shape index (κ1) is 21.7. The Kier molecular flexibility index (Phi) is 6.23. The molecule has 2 saturated carbocycles. The van der Waals surface area contributed by atoms with Crippen molar-refractivity contribution in [1.29, 1.82) is 0 Å². The Labute approximate surface area is 160 Å². The van der Waals surface area contributed by atoms with Crippen molar-refractivity contribution in [3.05, 3.63) is 20.2 Å². The fraction of sp³-hybridized carbons (Fsp3) is 1.00. The zero-order valence-corrected chi connectivity index (χ0v) is 16.8. The van der Waals surface area contributed by atoms with Gasteiger partial charge in [0.25, 0.3) is 10.2 Å². The van der Waals surface area contributed by atoms with Crippen LogP contribution in [0.2, 0.25) is 0 Å². The molecule has 2 N–H and O–H groups in total. The molecule has 0 amide bonds. The molecular weight excluding hydrogens is 354 g/mol. The van der Waals surface area contributed by atoms with Crippen molar-refractivity contribution in [2.75, 3.05) is 13.2 Å². The van der Waals surface area contributed by atoms with E-state index in [1.165, 1.54) is 0 Å². The van der Waals surface area contributed by atoms with Gasteiger partial charge >= 0.3 is 0 Å². The molecule has 9 nitrogen and oxygen atoms in total. The van der Waals surface area contributed by atoms with Crippen molar-refractivity contribution >= 4 is 0 Å². The number of hydrogen-bond acceptors (Lipinski definition) is 7. The topological polar surface area (TPSA) is 131 Å². The van der Waals surface area contributed by atoms with Crippen LogP contribution in [0.1, 0.15) is 66.2 Å². The van der Waals surface area contributed by atoms with E-state index in [1.54, 1.807) is 0 Å². The number of fused-ring (bicyclic) bond motifs is 2. The molecule has 0 aromatic rings. The summed E-state index contributed by atoms with van der Waals surface area (Å²) in [5, 5.41) is 20.0. The SMILES string of the molecule is CCC(C(CO[N+](=O)[O-])O[N+](=O)[O-])C12CC(C)CC(C)(CC(C)(CN)C1)C2. The minimum atomic E-state index is -0.968. The van der Waals surface area contributed by atoms with Crippen molar-refractivity contribution < 1.29 is 19.8 Å². The molecule has 0 radical (unpaired) electrons. The zero-order chi connectivity index (χ0) is 20.5. The van der Waals surface area contributed by atoms with Crippen molar-refractivity contribution in [2.24, 2.45) is 33.8 Å². The van der Waals surface area contributed by atoms with Crippen molar-refractivity contribution in [3.63, 3.8) is 0 Å². The van der Waals surface area contributed by atoms with Gasteiger partial charge in [-0.05, 0) is 66.7 Å². The minimum Gasteiger partial charge on any atom is -0.330 e. The first-order chi connectivity index (χ1) is 12.5. The molecule has 2 rings (SSSR count). The summed E-state index contributed by atoms with van der Waals surface area (Å²) < 4.78 is 0. The van der Waals surface area contributed by atoms with E-state index in [0.29, 0.717) is 18.9 Å². The van der Waals surface area contributed by atoms with E-state index in [-0.39, 0.29) is 22.2 Å². The van der Waals surface area contributed by atoms with Gasteiger partial charge in [-0.1, -0.05) is 34.1 Å². The van der Waals surface area contributed by atoms with Crippen LogP contribution in [0.3, 0.4) is 0 Å². The lowest BCUT2D eigenvalue weighted by atomic mass is 9.43. The number of rotatable bonds is 9. The quantitative estimate of drug-likeness (QED) is 0.474. The normalized spacial score (nSPS) is 37.9. The number of hydrogen-bond donors (Lipinski definition) is 1. The van der Waals surface area contributed by atoms with Crippen molar-refractivity contribution in [3.8, 4) is 0 Å². The Morgan fingerprint density at radius 1 is 1.15 bits per heavy atom. The Morgan fingerprint density at radius 3 is 2.33 bits per heavy atom. The fourth-order valence-electron chi connectivity index (χ4n) is 6.93. The number of nitrogens with zero attached hydrogens (tertiary/aromatic N) is 2. The van der Waals surface area contributed by atoms with Gasteiger partial charge in [0, 0.05) is 0 Å². The largest absolute Gasteiger partial charge is 0.330 e. The highest BCUT2D eigenvalue weighted by Crippen LogP contribution is 2.65. The maximum Gasteiger partial charge on any atom is 0.294 e. The molecule has 2 bridgehead atoms. The molecule has 9 heteroatoms. The van der Waals surface area contributed by atoms with E-state index < -0.39 is 22.9 Å². The Balaban J connectivity index is 2.41. The Bertz CT molecular complexity index is 575. The van der Waals surface area contributed by atoms with Gasteiger partial charge in [-0.15, -0.1) is 20.2 Å². The monoisotopic (exact) mass is 387 g/mol. The predicted octanol–water partition coefficient (Wildman–Crippen LogP) is 3.37. The van der Waals surface area contributed by atoms with Crippen LogP contribution >= 0.6 is 0 Å². The van der Waals surface area contributed by atoms with Crippen molar-refractivity contribution in [1.82, 2.24) is 0 Å². The van der Waals surface area contributed by atoms with E-state index in [9.17, 15) is 20.2 Å². The second kappa shape index (κ2) is 7.77. The third-order valence-electron chi connectivity index (χ3n) is 6.74. The third-order valence-corrected chi connectivity index (χ3v) is 6.74. The molecule has 27 heavy (non-hydrogen) atoms. The lowest BCUT2D eigenvalue weighted by Gasteiger charge is -2.62. The van der Waals surface area contributed by atoms with Gasteiger partial charge in [0.05, 0.1) is 0 Å². The van der Waals surface area contributed by atoms with Gasteiger partial charge in [-0.3, -0.25) is 0 Å². The lowest BCUT2D eigenvalue weighted by molar-refractivity contribution is -0.792. The van der Waals surface area contributed by atoms with Crippen molar-refractivity contribution in [2.45, 2.75) is 72.3 Å². The standard InChI is InChI=1S/C18H33N3O6/c1-5-14(15(27-21(24)25)8-26-20(22)23)18-7-13(2)6-16(3,10-18)9-17(4,11-18)12-19/h13-15H,5-12,19H2,1-4H3.